The molecule has 1 heterocycles. The molecule has 1 N–H and O–H groups in total. The first-order chi connectivity index (χ1) is 14.2. The number of aliphatic hydroxyl groups excluding tert-OH is 1. The lowest BCUT2D eigenvalue weighted by Gasteiger charge is -2.36. The lowest BCUT2D eigenvalue weighted by atomic mass is 10.2. The van der Waals surface area contributed by atoms with Gasteiger partial charge in [0.25, 0.3) is 0 Å². The predicted octanol–water partition coefficient (Wildman–Crippen LogP) is 1.97. The van der Waals surface area contributed by atoms with E-state index in [1.807, 2.05) is 17.0 Å². The molecule has 9 heteroatoms. The molecule has 0 unspecified atom stereocenters. The second-order valence-electron chi connectivity index (χ2n) is 7.42. The Balaban J connectivity index is 1.45. The maximum Gasteiger partial charge on any atom is 0.242 e. The Bertz CT molecular complexity index is 964. The van der Waals surface area contributed by atoms with Gasteiger partial charge < -0.3 is 19.6 Å². The minimum Gasteiger partial charge on any atom is -0.491 e. The van der Waals surface area contributed by atoms with Gasteiger partial charge >= 0.3 is 0 Å². The van der Waals surface area contributed by atoms with Gasteiger partial charge in [0.15, 0.2) is 9.84 Å². The van der Waals surface area contributed by atoms with Crippen LogP contribution in [-0.4, -0.2) is 69.5 Å². The minimum absolute atomic E-state index is 0.0278. The van der Waals surface area contributed by atoms with Crippen molar-refractivity contribution in [3.8, 4) is 5.75 Å². The topological polar surface area (TPSA) is 87.2 Å². The van der Waals surface area contributed by atoms with Crippen molar-refractivity contribution >= 4 is 33.0 Å². The summed E-state index contributed by atoms with van der Waals surface area (Å²) in [4.78, 5) is 16.1. The van der Waals surface area contributed by atoms with Crippen LogP contribution in [0.15, 0.2) is 48.5 Å². The molecule has 1 aliphatic rings. The van der Waals surface area contributed by atoms with Crippen LogP contribution in [0.2, 0.25) is 5.02 Å². The molecule has 2 aromatic carbocycles. The Morgan fingerprint density at radius 3 is 2.37 bits per heavy atom. The molecule has 0 aliphatic carbocycles. The molecule has 0 spiro atoms. The average Bonchev–Trinajstić information content (AvgIpc) is 2.68. The zero-order valence-corrected chi connectivity index (χ0v) is 18.3. The maximum atomic E-state index is 12.5. The first kappa shape index (κ1) is 22.4. The lowest BCUT2D eigenvalue weighted by molar-refractivity contribution is -0.132. The SMILES string of the molecule is CS(=O)(=O)Cc1ccc(OC[C@@H](O)CN2CCN(c3ccc(Cl)cc3)CC2=O)cc1. The number of carbonyl (C=O) groups excluding carboxylic acids is 1. The number of nitrogens with zero attached hydrogens (tertiary/aromatic N) is 2. The third kappa shape index (κ3) is 6.62. The van der Waals surface area contributed by atoms with Crippen molar-refractivity contribution in [2.75, 3.05) is 43.9 Å². The van der Waals surface area contributed by atoms with Crippen LogP contribution in [0.25, 0.3) is 0 Å². The van der Waals surface area contributed by atoms with Gasteiger partial charge in [-0.25, -0.2) is 8.42 Å². The van der Waals surface area contributed by atoms with Gasteiger partial charge in [-0.15, -0.1) is 0 Å². The third-order valence-electron chi connectivity index (χ3n) is 4.74. The first-order valence-corrected chi connectivity index (χ1v) is 12.0. The molecule has 0 aromatic heterocycles. The van der Waals surface area contributed by atoms with Gasteiger partial charge in [-0.1, -0.05) is 23.7 Å². The van der Waals surface area contributed by atoms with Crippen LogP contribution in [0.1, 0.15) is 5.56 Å². The maximum absolute atomic E-state index is 12.5. The highest BCUT2D eigenvalue weighted by Gasteiger charge is 2.26. The Morgan fingerprint density at radius 1 is 1.10 bits per heavy atom. The van der Waals surface area contributed by atoms with Gasteiger partial charge in [-0.3, -0.25) is 4.79 Å². The fraction of sp³-hybridized carbons (Fsp3) is 0.381. The van der Waals surface area contributed by atoms with Crippen LogP contribution < -0.4 is 9.64 Å². The van der Waals surface area contributed by atoms with E-state index < -0.39 is 15.9 Å². The second-order valence-corrected chi connectivity index (χ2v) is 9.99. The normalized spacial score (nSPS) is 15.9. The highest BCUT2D eigenvalue weighted by Crippen LogP contribution is 2.20. The van der Waals surface area contributed by atoms with Crippen LogP contribution >= 0.6 is 11.6 Å². The minimum atomic E-state index is -3.09. The molecular formula is C21H25ClN2O5S. The van der Waals surface area contributed by atoms with E-state index in [0.29, 0.717) is 29.4 Å². The molecule has 1 atom stereocenters. The van der Waals surface area contributed by atoms with Crippen molar-refractivity contribution in [3.05, 3.63) is 59.1 Å². The van der Waals surface area contributed by atoms with E-state index >= 15 is 0 Å². The summed E-state index contributed by atoms with van der Waals surface area (Å²) in [6.45, 7) is 1.66. The van der Waals surface area contributed by atoms with Gasteiger partial charge in [0.1, 0.15) is 18.5 Å². The van der Waals surface area contributed by atoms with Gasteiger partial charge in [-0.05, 0) is 42.0 Å². The molecule has 0 radical (unpaired) electrons. The summed E-state index contributed by atoms with van der Waals surface area (Å²) >= 11 is 5.91. The predicted molar refractivity (Wildman–Crippen MR) is 117 cm³/mol. The summed E-state index contributed by atoms with van der Waals surface area (Å²) in [6.07, 6.45) is 0.358. The fourth-order valence-electron chi connectivity index (χ4n) is 3.26. The van der Waals surface area contributed by atoms with Gasteiger partial charge in [0.2, 0.25) is 5.91 Å². The van der Waals surface area contributed by atoms with E-state index in [-0.39, 0.29) is 31.4 Å². The summed E-state index contributed by atoms with van der Waals surface area (Å²) in [7, 11) is -3.09. The smallest absolute Gasteiger partial charge is 0.242 e. The van der Waals surface area contributed by atoms with Crippen LogP contribution in [0.5, 0.6) is 5.75 Å². The number of halogens is 1. The van der Waals surface area contributed by atoms with E-state index in [1.54, 1.807) is 41.3 Å². The fourth-order valence-corrected chi connectivity index (χ4v) is 4.18. The van der Waals surface area contributed by atoms with Crippen molar-refractivity contribution in [3.63, 3.8) is 0 Å². The quantitative estimate of drug-likeness (QED) is 0.659. The van der Waals surface area contributed by atoms with Crippen molar-refractivity contribution in [1.29, 1.82) is 0 Å². The zero-order valence-electron chi connectivity index (χ0n) is 16.7. The van der Waals surface area contributed by atoms with E-state index in [1.165, 1.54) is 6.26 Å². The first-order valence-electron chi connectivity index (χ1n) is 9.55. The number of ether oxygens (including phenoxy) is 1. The molecule has 1 fully saturated rings. The van der Waals surface area contributed by atoms with Gasteiger partial charge in [0.05, 0.1) is 18.8 Å². The van der Waals surface area contributed by atoms with Gasteiger partial charge in [0, 0.05) is 30.1 Å². The Hall–Kier alpha value is -2.29. The standard InChI is InChI=1S/C21H25ClN2O5S/c1-30(27,28)15-16-2-8-20(9-3-16)29-14-19(25)12-24-11-10-23(13-21(24)26)18-6-4-17(22)5-7-18/h2-9,19,25H,10-15H2,1H3/t19-/m0/s1. The van der Waals surface area contributed by atoms with Crippen molar-refractivity contribution in [2.24, 2.45) is 0 Å². The molecule has 2 aromatic rings. The average molecular weight is 453 g/mol. The number of sulfone groups is 1. The molecule has 30 heavy (non-hydrogen) atoms. The summed E-state index contributed by atoms with van der Waals surface area (Å²) in [6, 6.07) is 14.1. The number of piperazine rings is 1. The Kier molecular flexibility index (Phi) is 7.23. The summed E-state index contributed by atoms with van der Waals surface area (Å²) < 4.78 is 28.2. The second kappa shape index (κ2) is 9.68. The number of β-amino-alcohol motifs (C(OH)–C–C–N with tert-alkyl or cyclic N) is 1. The molecular weight excluding hydrogens is 428 g/mol. The largest absolute Gasteiger partial charge is 0.491 e. The molecule has 3 rings (SSSR count). The van der Waals surface area contributed by atoms with Crippen molar-refractivity contribution in [1.82, 2.24) is 4.90 Å². The monoisotopic (exact) mass is 452 g/mol. The van der Waals surface area contributed by atoms with E-state index in [2.05, 4.69) is 0 Å². The zero-order chi connectivity index (χ0) is 21.7. The number of anilines is 1. The molecule has 1 aliphatic heterocycles. The van der Waals surface area contributed by atoms with E-state index in [0.717, 1.165) is 5.69 Å². The molecule has 0 bridgehead atoms. The van der Waals surface area contributed by atoms with Crippen LogP contribution in [0.4, 0.5) is 5.69 Å². The number of hydrogen-bond acceptors (Lipinski definition) is 6. The van der Waals surface area contributed by atoms with Crippen LogP contribution in [0, 0.1) is 0 Å². The summed E-state index contributed by atoms with van der Waals surface area (Å²) in [5, 5.41) is 10.9. The number of carbonyl (C=O) groups is 1. The molecule has 7 nitrogen and oxygen atoms in total. The molecule has 0 saturated carbocycles. The summed E-state index contributed by atoms with van der Waals surface area (Å²) in [5.74, 6) is 0.450. The summed E-state index contributed by atoms with van der Waals surface area (Å²) in [5.41, 5.74) is 1.62. The van der Waals surface area contributed by atoms with Gasteiger partial charge in [-0.2, -0.15) is 0 Å². The molecule has 162 valence electrons. The Morgan fingerprint density at radius 2 is 1.77 bits per heavy atom. The van der Waals surface area contributed by atoms with E-state index in [9.17, 15) is 18.3 Å². The number of hydrogen-bond donors (Lipinski definition) is 1. The van der Waals surface area contributed by atoms with Crippen LogP contribution in [-0.2, 0) is 20.4 Å². The molecule has 1 amide bonds. The molecule has 1 saturated heterocycles. The highest BCUT2D eigenvalue weighted by atomic mass is 35.5. The third-order valence-corrected chi connectivity index (χ3v) is 5.85. The van der Waals surface area contributed by atoms with Crippen molar-refractivity contribution < 1.29 is 23.1 Å². The lowest BCUT2D eigenvalue weighted by Crippen LogP contribution is -2.53. The van der Waals surface area contributed by atoms with E-state index in [4.69, 9.17) is 16.3 Å². The number of amides is 1. The highest BCUT2D eigenvalue weighted by molar-refractivity contribution is 7.89. The van der Waals surface area contributed by atoms with Crippen molar-refractivity contribution in [2.45, 2.75) is 11.9 Å². The number of benzene rings is 2. The number of rotatable bonds is 8. The Labute approximate surface area is 181 Å². The van der Waals surface area contributed by atoms with Crippen LogP contribution in [0.3, 0.4) is 0 Å². The number of aliphatic hydroxyl groups is 1.